The molecule has 2 aliphatic heterocycles. The van der Waals surface area contributed by atoms with Crippen LogP contribution < -0.4 is 5.56 Å². The van der Waals surface area contributed by atoms with Gasteiger partial charge >= 0.3 is 6.09 Å². The molecule has 2 saturated heterocycles. The number of amides is 2. The first-order valence-electron chi connectivity index (χ1n) is 10.8. The van der Waals surface area contributed by atoms with Gasteiger partial charge in [-0.1, -0.05) is 42.1 Å². The summed E-state index contributed by atoms with van der Waals surface area (Å²) in [6.07, 6.45) is 3.11. The molecule has 0 spiro atoms. The van der Waals surface area contributed by atoms with Crippen LogP contribution in [0.5, 0.6) is 0 Å². The van der Waals surface area contributed by atoms with Crippen molar-refractivity contribution in [1.82, 2.24) is 25.0 Å². The van der Waals surface area contributed by atoms with Gasteiger partial charge < -0.3 is 9.64 Å². The lowest BCUT2D eigenvalue weighted by Crippen LogP contribution is -2.49. The number of ether oxygens (including phenoxy) is 1. The van der Waals surface area contributed by atoms with E-state index in [0.29, 0.717) is 31.1 Å². The highest BCUT2D eigenvalue weighted by Crippen LogP contribution is 2.35. The fourth-order valence-corrected chi connectivity index (χ4v) is 4.75. The minimum absolute atomic E-state index is 0.0159. The van der Waals surface area contributed by atoms with Crippen LogP contribution in [-0.2, 0) is 16.0 Å². The molecule has 1 N–H and O–H groups in total. The molecule has 0 bridgehead atoms. The molecule has 3 heterocycles. The first-order valence-corrected chi connectivity index (χ1v) is 12.0. The lowest BCUT2D eigenvalue weighted by molar-refractivity contribution is -0.132. The van der Waals surface area contributed by atoms with Crippen molar-refractivity contribution in [2.45, 2.75) is 56.0 Å². The van der Waals surface area contributed by atoms with E-state index in [4.69, 9.17) is 4.74 Å². The summed E-state index contributed by atoms with van der Waals surface area (Å²) in [5.74, 6) is -0.0159. The first-order chi connectivity index (χ1) is 15.5. The monoisotopic (exact) mass is 457 g/mol. The van der Waals surface area contributed by atoms with Gasteiger partial charge in [0.15, 0.2) is 5.16 Å². The Morgan fingerprint density at radius 3 is 2.56 bits per heavy atom. The van der Waals surface area contributed by atoms with E-state index in [1.54, 1.807) is 11.2 Å². The second-order valence-corrected chi connectivity index (χ2v) is 8.88. The third-order valence-electron chi connectivity index (χ3n) is 6.17. The van der Waals surface area contributed by atoms with Crippen LogP contribution in [0.25, 0.3) is 0 Å². The van der Waals surface area contributed by atoms with Gasteiger partial charge in [-0.3, -0.25) is 19.5 Å². The Bertz CT molecular complexity index is 1020. The Labute approximate surface area is 190 Å². The Balaban J connectivity index is 1.30. The Morgan fingerprint density at radius 1 is 1.19 bits per heavy atom. The second-order valence-electron chi connectivity index (χ2n) is 8.08. The fraction of sp³-hybridized carbons (Fsp3) is 0.500. The summed E-state index contributed by atoms with van der Waals surface area (Å²) < 4.78 is 5.67. The summed E-state index contributed by atoms with van der Waals surface area (Å²) in [5.41, 5.74) is 0.962. The molecule has 2 atom stereocenters. The molecule has 0 radical (unpaired) electrons. The molecular weight excluding hydrogens is 430 g/mol. The molecule has 4 rings (SSSR count). The quantitative estimate of drug-likeness (QED) is 0.664. The van der Waals surface area contributed by atoms with Crippen molar-refractivity contribution in [3.63, 3.8) is 0 Å². The van der Waals surface area contributed by atoms with Gasteiger partial charge in [0, 0.05) is 32.0 Å². The van der Waals surface area contributed by atoms with Crippen LogP contribution in [0.1, 0.15) is 43.5 Å². The van der Waals surface area contributed by atoms with Gasteiger partial charge in [-0.15, -0.1) is 10.2 Å². The number of carbonyl (C=O) groups is 2. The molecule has 10 heteroatoms. The number of thioether (sulfide) groups is 1. The predicted octanol–water partition coefficient (Wildman–Crippen LogP) is 2.39. The van der Waals surface area contributed by atoms with Crippen LogP contribution in [0.3, 0.4) is 0 Å². The number of nitrogens with one attached hydrogen (secondary N) is 1. The standard InChI is InChI=1S/C22H27N5O4S/c1-14-19(15-6-4-3-5-7-15)31-22(30)27(14)16-10-12-26(13-11-16)18(28)9-8-17-20(29)23-21(32-2)25-24-17/h3-7,14,16,19H,8-13H2,1-2H3,(H,23,25,29)/t14-,19-/m1/s1. The number of cyclic esters (lactones) is 1. The summed E-state index contributed by atoms with van der Waals surface area (Å²) in [5, 5.41) is 8.32. The molecule has 2 fully saturated rings. The van der Waals surface area contributed by atoms with Crippen molar-refractivity contribution in [2.75, 3.05) is 19.3 Å². The van der Waals surface area contributed by atoms with E-state index in [1.807, 2.05) is 42.2 Å². The van der Waals surface area contributed by atoms with E-state index < -0.39 is 0 Å². The van der Waals surface area contributed by atoms with Crippen LogP contribution in [-0.4, -0.2) is 68.4 Å². The summed E-state index contributed by atoms with van der Waals surface area (Å²) in [7, 11) is 0. The van der Waals surface area contributed by atoms with Gasteiger partial charge in [0.1, 0.15) is 11.8 Å². The highest BCUT2D eigenvalue weighted by molar-refractivity contribution is 7.98. The molecular formula is C22H27N5O4S. The number of aryl methyl sites for hydroxylation is 1. The first kappa shape index (κ1) is 22.3. The number of carbonyl (C=O) groups excluding carboxylic acids is 2. The highest BCUT2D eigenvalue weighted by Gasteiger charge is 2.44. The van der Waals surface area contributed by atoms with Gasteiger partial charge in [-0.25, -0.2) is 4.79 Å². The third kappa shape index (κ3) is 4.64. The van der Waals surface area contributed by atoms with Gasteiger partial charge in [-0.05, 0) is 31.6 Å². The predicted molar refractivity (Wildman–Crippen MR) is 119 cm³/mol. The average molecular weight is 458 g/mol. The summed E-state index contributed by atoms with van der Waals surface area (Å²) >= 11 is 1.31. The molecule has 0 saturated carbocycles. The van der Waals surface area contributed by atoms with E-state index in [1.165, 1.54) is 11.8 Å². The largest absolute Gasteiger partial charge is 0.439 e. The Morgan fingerprint density at radius 2 is 1.91 bits per heavy atom. The number of H-pyrrole nitrogens is 1. The number of likely N-dealkylation sites (tertiary alicyclic amines) is 1. The maximum Gasteiger partial charge on any atom is 0.411 e. The zero-order valence-corrected chi connectivity index (χ0v) is 19.0. The Hall–Kier alpha value is -2.88. The molecule has 1 aromatic heterocycles. The molecule has 1 aromatic carbocycles. The summed E-state index contributed by atoms with van der Waals surface area (Å²) in [6.45, 7) is 3.16. The normalized spacial score (nSPS) is 21.6. The number of benzene rings is 1. The van der Waals surface area contributed by atoms with E-state index in [9.17, 15) is 14.4 Å². The van der Waals surface area contributed by atoms with Gasteiger partial charge in [0.25, 0.3) is 5.56 Å². The van der Waals surface area contributed by atoms with Crippen LogP contribution >= 0.6 is 11.8 Å². The minimum Gasteiger partial charge on any atom is -0.439 e. The molecule has 0 unspecified atom stereocenters. The lowest BCUT2D eigenvalue weighted by Gasteiger charge is -2.37. The van der Waals surface area contributed by atoms with Crippen LogP contribution in [0, 0.1) is 0 Å². The van der Waals surface area contributed by atoms with E-state index in [0.717, 1.165) is 5.56 Å². The molecule has 2 aromatic rings. The van der Waals surface area contributed by atoms with Crippen molar-refractivity contribution < 1.29 is 14.3 Å². The lowest BCUT2D eigenvalue weighted by atomic mass is 9.98. The number of hydrogen-bond acceptors (Lipinski definition) is 7. The number of aromatic nitrogens is 3. The van der Waals surface area contributed by atoms with Crippen molar-refractivity contribution in [1.29, 1.82) is 0 Å². The van der Waals surface area contributed by atoms with Crippen LogP contribution in [0.2, 0.25) is 0 Å². The topological polar surface area (TPSA) is 108 Å². The summed E-state index contributed by atoms with van der Waals surface area (Å²) in [6, 6.07) is 9.76. The number of aromatic amines is 1. The Kier molecular flexibility index (Phi) is 6.78. The van der Waals surface area contributed by atoms with Crippen molar-refractivity contribution in [2.24, 2.45) is 0 Å². The van der Waals surface area contributed by atoms with Gasteiger partial charge in [0.2, 0.25) is 5.91 Å². The number of nitrogens with zero attached hydrogens (tertiary/aromatic N) is 4. The molecule has 9 nitrogen and oxygen atoms in total. The molecule has 2 amide bonds. The highest BCUT2D eigenvalue weighted by atomic mass is 32.2. The third-order valence-corrected chi connectivity index (χ3v) is 6.74. The van der Waals surface area contributed by atoms with Crippen LogP contribution in [0.4, 0.5) is 4.79 Å². The van der Waals surface area contributed by atoms with E-state index in [-0.39, 0.29) is 54.3 Å². The van der Waals surface area contributed by atoms with Crippen LogP contribution in [0.15, 0.2) is 40.3 Å². The number of rotatable bonds is 6. The maximum atomic E-state index is 12.7. The van der Waals surface area contributed by atoms with Crippen molar-refractivity contribution in [3.05, 3.63) is 51.9 Å². The molecule has 170 valence electrons. The molecule has 0 aliphatic carbocycles. The average Bonchev–Trinajstić information content (AvgIpc) is 3.12. The summed E-state index contributed by atoms with van der Waals surface area (Å²) in [4.78, 5) is 43.6. The van der Waals surface area contributed by atoms with Crippen molar-refractivity contribution >= 4 is 23.8 Å². The zero-order valence-electron chi connectivity index (χ0n) is 18.2. The SMILES string of the molecule is CSc1nnc(CCC(=O)N2CCC(N3C(=O)O[C@@H](c4ccccc4)[C@H]3C)CC2)c(=O)[nH]1. The molecule has 32 heavy (non-hydrogen) atoms. The molecule has 2 aliphatic rings. The van der Waals surface area contributed by atoms with E-state index >= 15 is 0 Å². The van der Waals surface area contributed by atoms with E-state index in [2.05, 4.69) is 15.2 Å². The van der Waals surface area contributed by atoms with Gasteiger partial charge in [0.05, 0.1) is 6.04 Å². The number of hydrogen-bond donors (Lipinski definition) is 1. The maximum absolute atomic E-state index is 12.7. The number of piperidine rings is 1. The second kappa shape index (κ2) is 9.72. The van der Waals surface area contributed by atoms with Crippen molar-refractivity contribution in [3.8, 4) is 0 Å². The fourth-order valence-electron chi connectivity index (χ4n) is 4.43. The van der Waals surface area contributed by atoms with Gasteiger partial charge in [-0.2, -0.15) is 0 Å². The minimum atomic E-state index is -0.301. The smallest absolute Gasteiger partial charge is 0.411 e. The zero-order chi connectivity index (χ0) is 22.7.